The summed E-state index contributed by atoms with van der Waals surface area (Å²) in [6.45, 7) is 1.90. The second kappa shape index (κ2) is 6.20. The fraction of sp³-hybridized carbons (Fsp3) is 0.118. The van der Waals surface area contributed by atoms with E-state index in [9.17, 15) is 13.2 Å². The number of H-pyrrole nitrogens is 1. The topological polar surface area (TPSA) is 40.2 Å². The molecule has 1 heterocycles. The fourth-order valence-corrected chi connectivity index (χ4v) is 2.58. The van der Waals surface area contributed by atoms with E-state index >= 15 is 0 Å². The number of anilines is 1. The first-order valence-electron chi connectivity index (χ1n) is 7.09. The third-order valence-electron chi connectivity index (χ3n) is 3.62. The van der Waals surface area contributed by atoms with Crippen LogP contribution in [0.15, 0.2) is 47.6 Å². The van der Waals surface area contributed by atoms with Crippen molar-refractivity contribution in [2.75, 3.05) is 5.43 Å². The van der Waals surface area contributed by atoms with Gasteiger partial charge >= 0.3 is 6.18 Å². The van der Waals surface area contributed by atoms with Gasteiger partial charge in [-0.1, -0.05) is 29.8 Å². The first kappa shape index (κ1) is 16.4. The van der Waals surface area contributed by atoms with Gasteiger partial charge in [0.05, 0.1) is 22.5 Å². The number of hydrazone groups is 1. The molecule has 124 valence electrons. The Labute approximate surface area is 141 Å². The second-order valence-corrected chi connectivity index (χ2v) is 5.68. The summed E-state index contributed by atoms with van der Waals surface area (Å²) in [5.74, 6) is 0. The zero-order valence-corrected chi connectivity index (χ0v) is 13.3. The van der Waals surface area contributed by atoms with Crippen molar-refractivity contribution in [3.63, 3.8) is 0 Å². The Morgan fingerprint density at radius 3 is 2.67 bits per heavy atom. The fourth-order valence-electron chi connectivity index (χ4n) is 2.42. The van der Waals surface area contributed by atoms with Crippen molar-refractivity contribution in [2.45, 2.75) is 13.1 Å². The molecule has 0 saturated heterocycles. The van der Waals surface area contributed by atoms with E-state index in [0.717, 1.165) is 34.3 Å². The lowest BCUT2D eigenvalue weighted by atomic mass is 10.1. The third kappa shape index (κ3) is 3.23. The smallest absolute Gasteiger partial charge is 0.358 e. The molecule has 3 aromatic rings. The van der Waals surface area contributed by atoms with Crippen LogP contribution >= 0.6 is 11.6 Å². The number of aryl methyl sites for hydroxylation is 1. The SMILES string of the molecule is Cc1[nH]c2ccccc2c1C=NNc1cc(C(F)(F)F)ccc1Cl. The van der Waals surface area contributed by atoms with Crippen molar-refractivity contribution in [3.05, 3.63) is 64.3 Å². The molecule has 2 N–H and O–H groups in total. The molecular weight excluding hydrogens is 339 g/mol. The molecule has 0 amide bonds. The Hall–Kier alpha value is -2.47. The highest BCUT2D eigenvalue weighted by molar-refractivity contribution is 6.33. The molecule has 0 spiro atoms. The van der Waals surface area contributed by atoms with Gasteiger partial charge in [0.2, 0.25) is 0 Å². The number of nitrogens with zero attached hydrogens (tertiary/aromatic N) is 1. The molecule has 0 bridgehead atoms. The van der Waals surface area contributed by atoms with Gasteiger partial charge in [-0.2, -0.15) is 18.3 Å². The first-order valence-corrected chi connectivity index (χ1v) is 7.47. The lowest BCUT2D eigenvalue weighted by Crippen LogP contribution is -2.05. The number of rotatable bonds is 3. The van der Waals surface area contributed by atoms with Crippen molar-refractivity contribution in [3.8, 4) is 0 Å². The number of fused-ring (bicyclic) bond motifs is 1. The summed E-state index contributed by atoms with van der Waals surface area (Å²) in [6, 6.07) is 10.8. The van der Waals surface area contributed by atoms with Crippen LogP contribution in [0.3, 0.4) is 0 Å². The van der Waals surface area contributed by atoms with Crippen LogP contribution in [0.1, 0.15) is 16.8 Å². The average Bonchev–Trinajstić information content (AvgIpc) is 2.84. The van der Waals surface area contributed by atoms with Crippen LogP contribution in [0.4, 0.5) is 18.9 Å². The van der Waals surface area contributed by atoms with Crippen LogP contribution in [0, 0.1) is 6.92 Å². The number of aromatic nitrogens is 1. The van der Waals surface area contributed by atoms with Crippen LogP contribution in [0.25, 0.3) is 10.9 Å². The first-order chi connectivity index (χ1) is 11.4. The molecule has 0 radical (unpaired) electrons. The average molecular weight is 352 g/mol. The number of alkyl halides is 3. The zero-order valence-electron chi connectivity index (χ0n) is 12.6. The lowest BCUT2D eigenvalue weighted by molar-refractivity contribution is -0.137. The van der Waals surface area contributed by atoms with Crippen LogP contribution < -0.4 is 5.43 Å². The molecule has 0 aliphatic heterocycles. The van der Waals surface area contributed by atoms with Crippen molar-refractivity contribution in [1.29, 1.82) is 0 Å². The van der Waals surface area contributed by atoms with E-state index in [1.807, 2.05) is 31.2 Å². The van der Waals surface area contributed by atoms with Gasteiger partial charge in [0.1, 0.15) is 0 Å². The molecular formula is C17H13ClF3N3. The van der Waals surface area contributed by atoms with Crippen LogP contribution in [-0.2, 0) is 6.18 Å². The van der Waals surface area contributed by atoms with Gasteiger partial charge in [-0.3, -0.25) is 5.43 Å². The predicted octanol–water partition coefficient (Wildman–Crippen LogP) is 5.59. The van der Waals surface area contributed by atoms with Crippen molar-refractivity contribution in [2.24, 2.45) is 5.10 Å². The van der Waals surface area contributed by atoms with Crippen molar-refractivity contribution >= 4 is 34.4 Å². The van der Waals surface area contributed by atoms with Crippen molar-refractivity contribution < 1.29 is 13.2 Å². The number of benzene rings is 2. The maximum Gasteiger partial charge on any atom is 0.416 e. The summed E-state index contributed by atoms with van der Waals surface area (Å²) in [7, 11) is 0. The molecule has 0 unspecified atom stereocenters. The third-order valence-corrected chi connectivity index (χ3v) is 3.95. The summed E-state index contributed by atoms with van der Waals surface area (Å²) in [5, 5.41) is 5.18. The van der Waals surface area contributed by atoms with Gasteiger partial charge in [-0.15, -0.1) is 0 Å². The number of halogens is 4. The Kier molecular flexibility index (Phi) is 4.24. The Morgan fingerprint density at radius 1 is 1.17 bits per heavy atom. The van der Waals surface area contributed by atoms with E-state index in [4.69, 9.17) is 11.6 Å². The van der Waals surface area contributed by atoms with E-state index in [1.165, 1.54) is 6.07 Å². The summed E-state index contributed by atoms with van der Waals surface area (Å²) < 4.78 is 38.3. The lowest BCUT2D eigenvalue weighted by Gasteiger charge is -2.09. The molecule has 0 aliphatic carbocycles. The number of hydrogen-bond donors (Lipinski definition) is 2. The van der Waals surface area contributed by atoms with Gasteiger partial charge in [0.15, 0.2) is 0 Å². The highest BCUT2D eigenvalue weighted by atomic mass is 35.5. The standard InChI is InChI=1S/C17H13ClF3N3/c1-10-13(12-4-2-3-5-15(12)23-10)9-22-24-16-8-11(17(19,20)21)6-7-14(16)18/h2-9,23-24H,1H3. The highest BCUT2D eigenvalue weighted by Gasteiger charge is 2.30. The molecule has 3 nitrogen and oxygen atoms in total. The van der Waals surface area contributed by atoms with E-state index < -0.39 is 11.7 Å². The summed E-state index contributed by atoms with van der Waals surface area (Å²) >= 11 is 5.92. The molecule has 0 saturated carbocycles. The van der Waals surface area contributed by atoms with E-state index in [0.29, 0.717) is 0 Å². The maximum absolute atomic E-state index is 12.8. The zero-order chi connectivity index (χ0) is 17.3. The number of hydrogen-bond acceptors (Lipinski definition) is 2. The molecule has 1 aromatic heterocycles. The van der Waals surface area contributed by atoms with E-state index in [2.05, 4.69) is 15.5 Å². The number of nitrogens with one attached hydrogen (secondary N) is 2. The quantitative estimate of drug-likeness (QED) is 0.468. The summed E-state index contributed by atoms with van der Waals surface area (Å²) in [5.41, 5.74) is 4.63. The molecule has 24 heavy (non-hydrogen) atoms. The number of para-hydroxylation sites is 1. The molecule has 0 aliphatic rings. The molecule has 3 rings (SSSR count). The van der Waals surface area contributed by atoms with Gasteiger partial charge in [-0.05, 0) is 31.2 Å². The summed E-state index contributed by atoms with van der Waals surface area (Å²) in [6.07, 6.45) is -2.87. The monoisotopic (exact) mass is 351 g/mol. The Morgan fingerprint density at radius 2 is 1.92 bits per heavy atom. The maximum atomic E-state index is 12.8. The van der Waals surface area contributed by atoms with Gasteiger partial charge in [0, 0.05) is 22.2 Å². The second-order valence-electron chi connectivity index (χ2n) is 5.27. The van der Waals surface area contributed by atoms with Crippen LogP contribution in [0.5, 0.6) is 0 Å². The predicted molar refractivity (Wildman–Crippen MR) is 90.7 cm³/mol. The molecule has 7 heteroatoms. The van der Waals surface area contributed by atoms with E-state index in [1.54, 1.807) is 6.21 Å². The minimum Gasteiger partial charge on any atom is -0.358 e. The Bertz CT molecular complexity index is 913. The van der Waals surface area contributed by atoms with Gasteiger partial charge < -0.3 is 4.98 Å². The van der Waals surface area contributed by atoms with Crippen LogP contribution in [0.2, 0.25) is 5.02 Å². The van der Waals surface area contributed by atoms with Crippen LogP contribution in [-0.4, -0.2) is 11.2 Å². The molecule has 2 aromatic carbocycles. The minimum atomic E-state index is -4.43. The highest BCUT2D eigenvalue weighted by Crippen LogP contribution is 2.33. The minimum absolute atomic E-state index is 0.0974. The molecule has 0 atom stereocenters. The number of aromatic amines is 1. The Balaban J connectivity index is 1.87. The molecule has 0 fully saturated rings. The largest absolute Gasteiger partial charge is 0.416 e. The summed E-state index contributed by atoms with van der Waals surface area (Å²) in [4.78, 5) is 3.22. The normalized spacial score (nSPS) is 12.2. The van der Waals surface area contributed by atoms with Gasteiger partial charge in [-0.25, -0.2) is 0 Å². The van der Waals surface area contributed by atoms with Gasteiger partial charge in [0.25, 0.3) is 0 Å². The van der Waals surface area contributed by atoms with Crippen molar-refractivity contribution in [1.82, 2.24) is 4.98 Å². The van der Waals surface area contributed by atoms with E-state index in [-0.39, 0.29) is 10.7 Å².